The monoisotopic (exact) mass is 239 g/mol. The summed E-state index contributed by atoms with van der Waals surface area (Å²) in [5.41, 5.74) is 1.19. The van der Waals surface area contributed by atoms with Crippen LogP contribution in [-0.2, 0) is 6.54 Å². The standard InChI is InChI=1S/C14H19F2N/c1-11-8-17(9-12(2)14(11,15)16)10-13-6-4-3-5-7-13/h3-7,11-12H,8-10H2,1-2H3/t11-,12+. The van der Waals surface area contributed by atoms with Crippen LogP contribution >= 0.6 is 0 Å². The van der Waals surface area contributed by atoms with E-state index in [9.17, 15) is 8.78 Å². The average Bonchev–Trinajstić information content (AvgIpc) is 2.28. The quantitative estimate of drug-likeness (QED) is 0.764. The lowest BCUT2D eigenvalue weighted by molar-refractivity contribution is -0.140. The Kier molecular flexibility index (Phi) is 3.48. The van der Waals surface area contributed by atoms with Crippen LogP contribution < -0.4 is 0 Å². The third kappa shape index (κ3) is 2.65. The van der Waals surface area contributed by atoms with E-state index >= 15 is 0 Å². The number of benzene rings is 1. The number of alkyl halides is 2. The Bertz CT molecular complexity index is 350. The van der Waals surface area contributed by atoms with Gasteiger partial charge in [-0.25, -0.2) is 8.78 Å². The minimum atomic E-state index is -2.52. The van der Waals surface area contributed by atoms with Crippen molar-refractivity contribution in [1.29, 1.82) is 0 Å². The van der Waals surface area contributed by atoms with E-state index in [2.05, 4.69) is 4.90 Å². The van der Waals surface area contributed by atoms with Crippen molar-refractivity contribution in [2.75, 3.05) is 13.1 Å². The highest BCUT2D eigenvalue weighted by atomic mass is 19.3. The van der Waals surface area contributed by atoms with Crippen LogP contribution in [0.15, 0.2) is 30.3 Å². The van der Waals surface area contributed by atoms with E-state index in [1.54, 1.807) is 13.8 Å². The SMILES string of the molecule is C[C@@H]1CN(Cc2ccccc2)C[C@H](C)C1(F)F. The van der Waals surface area contributed by atoms with Gasteiger partial charge in [0.05, 0.1) is 0 Å². The normalized spacial score (nSPS) is 29.2. The van der Waals surface area contributed by atoms with Crippen LogP contribution in [0.3, 0.4) is 0 Å². The molecule has 0 spiro atoms. The molecule has 1 aliphatic rings. The minimum Gasteiger partial charge on any atom is -0.298 e. The summed E-state index contributed by atoms with van der Waals surface area (Å²) in [6.45, 7) is 5.02. The highest BCUT2D eigenvalue weighted by molar-refractivity contribution is 5.14. The molecule has 1 aromatic carbocycles. The molecule has 0 N–H and O–H groups in total. The number of hydrogen-bond acceptors (Lipinski definition) is 1. The van der Waals surface area contributed by atoms with Gasteiger partial charge in [-0.05, 0) is 5.56 Å². The van der Waals surface area contributed by atoms with Crippen molar-refractivity contribution in [2.45, 2.75) is 26.3 Å². The molecule has 2 atom stereocenters. The Balaban J connectivity index is 2.01. The third-order valence-electron chi connectivity index (χ3n) is 3.63. The van der Waals surface area contributed by atoms with E-state index in [0.717, 1.165) is 6.54 Å². The molecule has 2 rings (SSSR count). The summed E-state index contributed by atoms with van der Waals surface area (Å²) in [7, 11) is 0. The molecule has 1 saturated heterocycles. The predicted molar refractivity (Wildman–Crippen MR) is 65.0 cm³/mol. The lowest BCUT2D eigenvalue weighted by atomic mass is 9.87. The zero-order chi connectivity index (χ0) is 12.5. The van der Waals surface area contributed by atoms with Crippen LogP contribution in [0.1, 0.15) is 19.4 Å². The molecule has 1 heterocycles. The maximum Gasteiger partial charge on any atom is 0.255 e. The molecular formula is C14H19F2N. The summed E-state index contributed by atoms with van der Waals surface area (Å²) in [6, 6.07) is 10.0. The Morgan fingerprint density at radius 1 is 1.12 bits per heavy atom. The molecule has 3 heteroatoms. The van der Waals surface area contributed by atoms with E-state index in [1.165, 1.54) is 5.56 Å². The van der Waals surface area contributed by atoms with E-state index in [1.807, 2.05) is 30.3 Å². The van der Waals surface area contributed by atoms with Crippen molar-refractivity contribution in [3.63, 3.8) is 0 Å². The molecular weight excluding hydrogens is 220 g/mol. The van der Waals surface area contributed by atoms with Crippen molar-refractivity contribution in [3.05, 3.63) is 35.9 Å². The fourth-order valence-corrected chi connectivity index (χ4v) is 2.55. The highest BCUT2D eigenvalue weighted by Gasteiger charge is 2.46. The van der Waals surface area contributed by atoms with E-state index < -0.39 is 17.8 Å². The summed E-state index contributed by atoms with van der Waals surface area (Å²) >= 11 is 0. The number of piperidine rings is 1. The molecule has 1 nitrogen and oxygen atoms in total. The second-order valence-corrected chi connectivity index (χ2v) is 5.16. The van der Waals surface area contributed by atoms with Crippen LogP contribution in [-0.4, -0.2) is 23.9 Å². The summed E-state index contributed by atoms with van der Waals surface area (Å²) in [6.07, 6.45) is 0. The van der Waals surface area contributed by atoms with Crippen molar-refractivity contribution < 1.29 is 8.78 Å². The second-order valence-electron chi connectivity index (χ2n) is 5.16. The topological polar surface area (TPSA) is 3.24 Å². The van der Waals surface area contributed by atoms with Gasteiger partial charge in [-0.2, -0.15) is 0 Å². The van der Waals surface area contributed by atoms with Crippen LogP contribution in [0, 0.1) is 11.8 Å². The van der Waals surface area contributed by atoms with Gasteiger partial charge in [0, 0.05) is 31.5 Å². The second kappa shape index (κ2) is 4.73. The van der Waals surface area contributed by atoms with Crippen molar-refractivity contribution in [1.82, 2.24) is 4.90 Å². The number of rotatable bonds is 2. The van der Waals surface area contributed by atoms with Gasteiger partial charge in [-0.1, -0.05) is 44.2 Å². The number of halogens is 2. The summed E-state index contributed by atoms with van der Waals surface area (Å²) < 4.78 is 27.4. The van der Waals surface area contributed by atoms with Gasteiger partial charge in [0.2, 0.25) is 0 Å². The lowest BCUT2D eigenvalue weighted by Gasteiger charge is -2.41. The van der Waals surface area contributed by atoms with E-state index in [0.29, 0.717) is 13.1 Å². The number of nitrogens with zero attached hydrogens (tertiary/aromatic N) is 1. The van der Waals surface area contributed by atoms with Gasteiger partial charge in [0.1, 0.15) is 0 Å². The smallest absolute Gasteiger partial charge is 0.255 e. The molecule has 0 saturated carbocycles. The predicted octanol–water partition coefficient (Wildman–Crippen LogP) is 3.41. The number of likely N-dealkylation sites (tertiary alicyclic amines) is 1. The molecule has 94 valence electrons. The fraction of sp³-hybridized carbons (Fsp3) is 0.571. The average molecular weight is 239 g/mol. The van der Waals surface area contributed by atoms with Crippen molar-refractivity contribution in [3.8, 4) is 0 Å². The molecule has 1 aromatic rings. The summed E-state index contributed by atoms with van der Waals surface area (Å²) in [5, 5.41) is 0. The van der Waals surface area contributed by atoms with Crippen LogP contribution in [0.4, 0.5) is 8.78 Å². The molecule has 0 radical (unpaired) electrons. The first kappa shape index (κ1) is 12.5. The van der Waals surface area contributed by atoms with Crippen molar-refractivity contribution >= 4 is 0 Å². The Hall–Kier alpha value is -0.960. The van der Waals surface area contributed by atoms with Gasteiger partial charge in [-0.3, -0.25) is 4.90 Å². The molecule has 0 aromatic heterocycles. The fourth-order valence-electron chi connectivity index (χ4n) is 2.55. The minimum absolute atomic E-state index is 0.478. The molecule has 0 aliphatic carbocycles. The maximum absolute atomic E-state index is 13.7. The number of hydrogen-bond donors (Lipinski definition) is 0. The summed E-state index contributed by atoms with van der Waals surface area (Å²) in [4.78, 5) is 2.13. The van der Waals surface area contributed by atoms with Gasteiger partial charge in [0.25, 0.3) is 5.92 Å². The molecule has 0 bridgehead atoms. The maximum atomic E-state index is 13.7. The van der Waals surface area contributed by atoms with Crippen LogP contribution in [0.2, 0.25) is 0 Å². The Labute approximate surface area is 101 Å². The first-order valence-corrected chi connectivity index (χ1v) is 6.14. The van der Waals surface area contributed by atoms with Gasteiger partial charge < -0.3 is 0 Å². The zero-order valence-corrected chi connectivity index (χ0v) is 10.4. The largest absolute Gasteiger partial charge is 0.298 e. The molecule has 0 amide bonds. The molecule has 0 unspecified atom stereocenters. The van der Waals surface area contributed by atoms with Gasteiger partial charge in [0.15, 0.2) is 0 Å². The first-order chi connectivity index (χ1) is 8.00. The first-order valence-electron chi connectivity index (χ1n) is 6.14. The van der Waals surface area contributed by atoms with Crippen molar-refractivity contribution in [2.24, 2.45) is 11.8 Å². The zero-order valence-electron chi connectivity index (χ0n) is 10.4. The molecule has 1 fully saturated rings. The van der Waals surface area contributed by atoms with E-state index in [-0.39, 0.29) is 0 Å². The lowest BCUT2D eigenvalue weighted by Crippen LogP contribution is -2.51. The Morgan fingerprint density at radius 2 is 1.65 bits per heavy atom. The summed E-state index contributed by atoms with van der Waals surface area (Å²) in [5.74, 6) is -3.64. The van der Waals surface area contributed by atoms with Gasteiger partial charge >= 0.3 is 0 Å². The Morgan fingerprint density at radius 3 is 2.18 bits per heavy atom. The van der Waals surface area contributed by atoms with Crippen LogP contribution in [0.25, 0.3) is 0 Å². The van der Waals surface area contributed by atoms with Crippen LogP contribution in [0.5, 0.6) is 0 Å². The molecule has 17 heavy (non-hydrogen) atoms. The third-order valence-corrected chi connectivity index (χ3v) is 3.63. The molecule has 1 aliphatic heterocycles. The van der Waals surface area contributed by atoms with E-state index in [4.69, 9.17) is 0 Å². The highest BCUT2D eigenvalue weighted by Crippen LogP contribution is 2.37. The van der Waals surface area contributed by atoms with Gasteiger partial charge in [-0.15, -0.1) is 0 Å².